The number of nitrogens with one attached hydrogen (secondary N) is 1. The lowest BCUT2D eigenvalue weighted by atomic mass is 9.87. The molecule has 3 rings (SSSR count). The molecule has 1 aliphatic rings. The Balaban J connectivity index is 1.71. The van der Waals surface area contributed by atoms with Gasteiger partial charge in [0.25, 0.3) is 0 Å². The molecule has 0 aliphatic carbocycles. The quantitative estimate of drug-likeness (QED) is 0.893. The van der Waals surface area contributed by atoms with Crippen LogP contribution in [0.2, 0.25) is 0 Å². The van der Waals surface area contributed by atoms with Crippen LogP contribution in [0, 0.1) is 0 Å². The van der Waals surface area contributed by atoms with Gasteiger partial charge in [0.05, 0.1) is 6.20 Å². The first-order chi connectivity index (χ1) is 8.83. The summed E-state index contributed by atoms with van der Waals surface area (Å²) in [6.07, 6.45) is 6.38. The second kappa shape index (κ2) is 4.94. The topological polar surface area (TPSA) is 29.9 Å². The van der Waals surface area contributed by atoms with Crippen molar-refractivity contribution in [2.75, 3.05) is 6.54 Å². The fourth-order valence-corrected chi connectivity index (χ4v) is 2.78. The Morgan fingerprint density at radius 1 is 1.39 bits per heavy atom. The van der Waals surface area contributed by atoms with Gasteiger partial charge in [-0.05, 0) is 35.4 Å². The molecule has 1 aromatic carbocycles. The third-order valence-corrected chi connectivity index (χ3v) is 3.74. The Hall–Kier alpha value is -1.61. The zero-order valence-electron chi connectivity index (χ0n) is 10.8. The largest absolute Gasteiger partial charge is 0.312 e. The van der Waals surface area contributed by atoms with E-state index in [9.17, 15) is 0 Å². The predicted molar refractivity (Wildman–Crippen MR) is 72.4 cm³/mol. The number of hydrogen-bond donors (Lipinski definition) is 1. The van der Waals surface area contributed by atoms with Gasteiger partial charge >= 0.3 is 0 Å². The van der Waals surface area contributed by atoms with Crippen molar-refractivity contribution in [2.45, 2.75) is 25.3 Å². The molecule has 0 amide bonds. The fraction of sp³-hybridized carbons (Fsp3) is 0.400. The summed E-state index contributed by atoms with van der Waals surface area (Å²) < 4.78 is 1.88. The van der Waals surface area contributed by atoms with Gasteiger partial charge in [-0.3, -0.25) is 4.68 Å². The molecule has 0 radical (unpaired) electrons. The molecule has 94 valence electrons. The van der Waals surface area contributed by atoms with E-state index in [1.165, 1.54) is 23.1 Å². The highest BCUT2D eigenvalue weighted by Gasteiger charge is 2.19. The number of aryl methyl sites for hydroxylation is 2. The molecule has 2 heterocycles. The third-order valence-electron chi connectivity index (χ3n) is 3.74. The van der Waals surface area contributed by atoms with E-state index < -0.39 is 0 Å². The van der Waals surface area contributed by atoms with E-state index in [0.29, 0.717) is 5.92 Å². The van der Waals surface area contributed by atoms with E-state index in [4.69, 9.17) is 0 Å². The van der Waals surface area contributed by atoms with Crippen molar-refractivity contribution in [3.63, 3.8) is 0 Å². The molecule has 0 saturated heterocycles. The highest BCUT2D eigenvalue weighted by Crippen LogP contribution is 2.27. The number of rotatable bonds is 3. The molecule has 0 spiro atoms. The summed E-state index contributed by atoms with van der Waals surface area (Å²) in [6.45, 7) is 2.11. The second-order valence-corrected chi connectivity index (χ2v) is 5.09. The molecule has 3 heteroatoms. The van der Waals surface area contributed by atoms with Gasteiger partial charge in [-0.1, -0.05) is 24.3 Å². The smallest absolute Gasteiger partial charge is 0.0521 e. The Morgan fingerprint density at radius 2 is 2.28 bits per heavy atom. The van der Waals surface area contributed by atoms with E-state index in [1.54, 1.807) is 0 Å². The molecule has 1 atom stereocenters. The molecule has 1 N–H and O–H groups in total. The second-order valence-electron chi connectivity index (χ2n) is 5.09. The molecule has 18 heavy (non-hydrogen) atoms. The van der Waals surface area contributed by atoms with Crippen molar-refractivity contribution >= 4 is 0 Å². The molecule has 0 fully saturated rings. The molecule has 1 unspecified atom stereocenters. The van der Waals surface area contributed by atoms with E-state index in [-0.39, 0.29) is 0 Å². The van der Waals surface area contributed by atoms with Crippen molar-refractivity contribution in [2.24, 2.45) is 7.05 Å². The van der Waals surface area contributed by atoms with E-state index >= 15 is 0 Å². The van der Waals surface area contributed by atoms with Gasteiger partial charge in [0, 0.05) is 26.3 Å². The van der Waals surface area contributed by atoms with Crippen LogP contribution in [0.25, 0.3) is 0 Å². The van der Waals surface area contributed by atoms with Crippen LogP contribution in [-0.4, -0.2) is 16.3 Å². The lowest BCUT2D eigenvalue weighted by molar-refractivity contribution is 0.514. The van der Waals surface area contributed by atoms with Crippen LogP contribution in [0.3, 0.4) is 0 Å². The zero-order chi connectivity index (χ0) is 12.4. The lowest BCUT2D eigenvalue weighted by Gasteiger charge is -2.26. The van der Waals surface area contributed by atoms with Gasteiger partial charge in [-0.25, -0.2) is 0 Å². The Labute approximate surface area is 108 Å². The van der Waals surface area contributed by atoms with Crippen molar-refractivity contribution in [3.8, 4) is 0 Å². The Bertz CT molecular complexity index is 530. The van der Waals surface area contributed by atoms with Crippen molar-refractivity contribution < 1.29 is 0 Å². The third kappa shape index (κ3) is 2.31. The van der Waals surface area contributed by atoms with E-state index in [2.05, 4.69) is 40.9 Å². The van der Waals surface area contributed by atoms with Crippen LogP contribution < -0.4 is 5.32 Å². The number of hydrogen-bond acceptors (Lipinski definition) is 2. The van der Waals surface area contributed by atoms with Gasteiger partial charge in [0.15, 0.2) is 0 Å². The molecule has 1 aliphatic heterocycles. The number of fused-ring (bicyclic) bond motifs is 1. The van der Waals surface area contributed by atoms with Crippen molar-refractivity contribution in [1.29, 1.82) is 0 Å². The summed E-state index contributed by atoms with van der Waals surface area (Å²) in [4.78, 5) is 0. The van der Waals surface area contributed by atoms with Gasteiger partial charge in [-0.15, -0.1) is 0 Å². The molecule has 0 saturated carbocycles. The molecule has 0 bridgehead atoms. The minimum Gasteiger partial charge on any atom is -0.312 e. The number of aromatic nitrogens is 2. The molecular formula is C15H19N3. The van der Waals surface area contributed by atoms with Gasteiger partial charge in [-0.2, -0.15) is 5.10 Å². The first kappa shape index (κ1) is 11.5. The molecular weight excluding hydrogens is 222 g/mol. The molecule has 2 aromatic rings. The molecule has 3 nitrogen and oxygen atoms in total. The fourth-order valence-electron chi connectivity index (χ4n) is 2.78. The summed E-state index contributed by atoms with van der Waals surface area (Å²) in [5.41, 5.74) is 4.32. The number of benzene rings is 1. The summed E-state index contributed by atoms with van der Waals surface area (Å²) in [7, 11) is 1.97. The highest BCUT2D eigenvalue weighted by atomic mass is 15.2. The maximum atomic E-state index is 4.23. The standard InChI is InChI=1S/C15H19N3/c1-18-11-12(8-17-18)6-7-14-10-16-9-13-4-2-3-5-15(13)14/h2-5,8,11,14,16H,6-7,9-10H2,1H3. The summed E-state index contributed by atoms with van der Waals surface area (Å²) in [5, 5.41) is 7.74. The van der Waals surface area contributed by atoms with Crippen LogP contribution in [0.15, 0.2) is 36.7 Å². The van der Waals surface area contributed by atoms with Gasteiger partial charge in [0.1, 0.15) is 0 Å². The minimum atomic E-state index is 0.634. The van der Waals surface area contributed by atoms with E-state index in [1.807, 2.05) is 17.9 Å². The monoisotopic (exact) mass is 241 g/mol. The maximum Gasteiger partial charge on any atom is 0.0521 e. The van der Waals surface area contributed by atoms with Crippen molar-refractivity contribution in [3.05, 3.63) is 53.3 Å². The first-order valence-corrected chi connectivity index (χ1v) is 6.59. The van der Waals surface area contributed by atoms with E-state index in [0.717, 1.165) is 19.5 Å². The van der Waals surface area contributed by atoms with Crippen LogP contribution in [0.1, 0.15) is 29.0 Å². The Kier molecular flexibility index (Phi) is 3.15. The number of nitrogens with zero attached hydrogens (tertiary/aromatic N) is 2. The van der Waals surface area contributed by atoms with Crippen LogP contribution in [0.5, 0.6) is 0 Å². The SMILES string of the molecule is Cn1cc(CCC2CNCc3ccccc32)cn1. The Morgan fingerprint density at radius 3 is 3.11 bits per heavy atom. The first-order valence-electron chi connectivity index (χ1n) is 6.59. The minimum absolute atomic E-state index is 0.634. The van der Waals surface area contributed by atoms with Crippen molar-refractivity contribution in [1.82, 2.24) is 15.1 Å². The van der Waals surface area contributed by atoms with Gasteiger partial charge < -0.3 is 5.32 Å². The van der Waals surface area contributed by atoms with Crippen LogP contribution in [-0.2, 0) is 20.0 Å². The summed E-state index contributed by atoms with van der Waals surface area (Å²) in [6, 6.07) is 8.80. The summed E-state index contributed by atoms with van der Waals surface area (Å²) in [5.74, 6) is 0.634. The van der Waals surface area contributed by atoms with Crippen LogP contribution >= 0.6 is 0 Å². The van der Waals surface area contributed by atoms with Gasteiger partial charge in [0.2, 0.25) is 0 Å². The highest BCUT2D eigenvalue weighted by molar-refractivity contribution is 5.32. The van der Waals surface area contributed by atoms with Crippen LogP contribution in [0.4, 0.5) is 0 Å². The zero-order valence-corrected chi connectivity index (χ0v) is 10.8. The predicted octanol–water partition coefficient (Wildman–Crippen LogP) is 2.24. The average Bonchev–Trinajstić information content (AvgIpc) is 2.82. The summed E-state index contributed by atoms with van der Waals surface area (Å²) >= 11 is 0. The molecule has 1 aromatic heterocycles. The lowest BCUT2D eigenvalue weighted by Crippen LogP contribution is -2.28. The normalized spacial score (nSPS) is 18.6. The maximum absolute atomic E-state index is 4.23. The average molecular weight is 241 g/mol.